The van der Waals surface area contributed by atoms with Crippen LogP contribution in [0.2, 0.25) is 0 Å². The van der Waals surface area contributed by atoms with Gasteiger partial charge >= 0.3 is 0 Å². The molecule has 0 aliphatic carbocycles. The molecule has 0 amide bonds. The Hall–Kier alpha value is -0.650. The average Bonchev–Trinajstić information content (AvgIpc) is 3.04. The Balaban J connectivity index is 1.56. The molecule has 20 heavy (non-hydrogen) atoms. The van der Waals surface area contributed by atoms with E-state index in [9.17, 15) is 0 Å². The quantitative estimate of drug-likeness (QED) is 0.872. The molecular weight excluding hydrogens is 334 g/mol. The second-order valence-corrected chi connectivity index (χ2v) is 7.57. The Bertz CT molecular complexity index is 578. The molecule has 2 heterocycles. The molecule has 2 aromatic rings. The molecule has 108 valence electrons. The van der Waals surface area contributed by atoms with Crippen LogP contribution in [0, 0.1) is 5.92 Å². The fraction of sp³-hybridized carbons (Fsp3) is 0.533. The molecular formula is C15H20BrN3S. The number of thiazole rings is 1. The third kappa shape index (κ3) is 3.51. The van der Waals surface area contributed by atoms with Crippen LogP contribution in [-0.2, 0) is 0 Å². The highest BCUT2D eigenvalue weighted by molar-refractivity contribution is 9.10. The van der Waals surface area contributed by atoms with Crippen molar-refractivity contribution in [3.05, 3.63) is 22.7 Å². The molecule has 0 radical (unpaired) electrons. The molecule has 0 spiro atoms. The van der Waals surface area contributed by atoms with Crippen molar-refractivity contribution in [2.75, 3.05) is 31.5 Å². The van der Waals surface area contributed by atoms with Crippen LogP contribution in [0.1, 0.15) is 19.8 Å². The van der Waals surface area contributed by atoms with E-state index < -0.39 is 0 Å². The summed E-state index contributed by atoms with van der Waals surface area (Å²) in [7, 11) is 0. The van der Waals surface area contributed by atoms with Gasteiger partial charge < -0.3 is 10.2 Å². The molecule has 1 fully saturated rings. The summed E-state index contributed by atoms with van der Waals surface area (Å²) in [5.41, 5.74) is 1.08. The van der Waals surface area contributed by atoms with Gasteiger partial charge in [0.15, 0.2) is 5.13 Å². The summed E-state index contributed by atoms with van der Waals surface area (Å²) in [6.45, 7) is 7.06. The van der Waals surface area contributed by atoms with Crippen molar-refractivity contribution in [2.24, 2.45) is 5.92 Å². The first-order chi connectivity index (χ1) is 9.70. The number of halogens is 1. The van der Waals surface area contributed by atoms with E-state index in [1.54, 1.807) is 11.3 Å². The summed E-state index contributed by atoms with van der Waals surface area (Å²) in [4.78, 5) is 7.20. The van der Waals surface area contributed by atoms with Gasteiger partial charge in [-0.15, -0.1) is 0 Å². The summed E-state index contributed by atoms with van der Waals surface area (Å²) >= 11 is 5.24. The number of nitrogens with zero attached hydrogens (tertiary/aromatic N) is 2. The maximum atomic E-state index is 4.63. The van der Waals surface area contributed by atoms with Crippen molar-refractivity contribution in [3.63, 3.8) is 0 Å². The number of aromatic nitrogens is 1. The van der Waals surface area contributed by atoms with Gasteiger partial charge in [0.2, 0.25) is 0 Å². The van der Waals surface area contributed by atoms with Crippen LogP contribution in [0.3, 0.4) is 0 Å². The third-order valence-electron chi connectivity index (χ3n) is 3.72. The molecule has 5 heteroatoms. The second kappa shape index (κ2) is 6.41. The molecule has 1 aromatic heterocycles. The molecule has 0 bridgehead atoms. The number of anilines is 1. The third-order valence-corrected chi connectivity index (χ3v) is 5.19. The summed E-state index contributed by atoms with van der Waals surface area (Å²) in [6.07, 6.45) is 2.74. The maximum Gasteiger partial charge on any atom is 0.183 e. The highest BCUT2D eigenvalue weighted by Crippen LogP contribution is 2.28. The minimum absolute atomic E-state index is 0.659. The van der Waals surface area contributed by atoms with Gasteiger partial charge in [0.25, 0.3) is 0 Å². The largest absolute Gasteiger partial charge is 0.361 e. The molecule has 1 saturated heterocycles. The van der Waals surface area contributed by atoms with Gasteiger partial charge in [-0.3, -0.25) is 0 Å². The van der Waals surface area contributed by atoms with E-state index in [1.165, 1.54) is 37.2 Å². The maximum absolute atomic E-state index is 4.63. The first-order valence-electron chi connectivity index (χ1n) is 7.23. The first-order valence-corrected chi connectivity index (χ1v) is 8.84. The van der Waals surface area contributed by atoms with Gasteiger partial charge in [-0.25, -0.2) is 4.98 Å². The topological polar surface area (TPSA) is 28.2 Å². The lowest BCUT2D eigenvalue weighted by molar-refractivity contribution is 0.294. The van der Waals surface area contributed by atoms with E-state index in [1.807, 2.05) is 6.07 Å². The smallest absolute Gasteiger partial charge is 0.183 e. The number of likely N-dealkylation sites (tertiary alicyclic amines) is 1. The highest BCUT2D eigenvalue weighted by atomic mass is 79.9. The molecule has 1 aliphatic heterocycles. The number of rotatable bonds is 5. The summed E-state index contributed by atoms with van der Waals surface area (Å²) in [6, 6.07) is 6.24. The van der Waals surface area contributed by atoms with Crippen LogP contribution in [0.25, 0.3) is 10.2 Å². The summed E-state index contributed by atoms with van der Waals surface area (Å²) in [5.74, 6) is 0.659. The van der Waals surface area contributed by atoms with Gasteiger partial charge in [-0.1, -0.05) is 34.2 Å². The number of hydrogen-bond acceptors (Lipinski definition) is 4. The van der Waals surface area contributed by atoms with Crippen LogP contribution in [0.15, 0.2) is 22.7 Å². The van der Waals surface area contributed by atoms with E-state index in [2.05, 4.69) is 50.2 Å². The SMILES string of the molecule is CC(CNc1nc2ccc(Br)cc2s1)CN1CCCC1. The monoisotopic (exact) mass is 353 g/mol. The Morgan fingerprint density at radius 3 is 3.00 bits per heavy atom. The fourth-order valence-corrected chi connectivity index (χ4v) is 4.13. The number of hydrogen-bond donors (Lipinski definition) is 1. The van der Waals surface area contributed by atoms with Crippen LogP contribution < -0.4 is 5.32 Å². The zero-order valence-corrected chi connectivity index (χ0v) is 14.1. The lowest BCUT2D eigenvalue weighted by atomic mass is 10.2. The van der Waals surface area contributed by atoms with Crippen LogP contribution in [0.4, 0.5) is 5.13 Å². The summed E-state index contributed by atoms with van der Waals surface area (Å²) < 4.78 is 2.34. The van der Waals surface area contributed by atoms with E-state index in [0.717, 1.165) is 21.7 Å². The van der Waals surface area contributed by atoms with Gasteiger partial charge in [0.05, 0.1) is 10.2 Å². The Kier molecular flexibility index (Phi) is 4.58. The van der Waals surface area contributed by atoms with Crippen LogP contribution >= 0.6 is 27.3 Å². The average molecular weight is 354 g/mol. The van der Waals surface area contributed by atoms with Gasteiger partial charge in [0, 0.05) is 17.6 Å². The molecule has 1 aliphatic rings. The molecule has 1 atom stereocenters. The normalized spacial score (nSPS) is 17.7. The van der Waals surface area contributed by atoms with E-state index >= 15 is 0 Å². The zero-order chi connectivity index (χ0) is 13.9. The van der Waals surface area contributed by atoms with Crippen molar-refractivity contribution >= 4 is 42.6 Å². The van der Waals surface area contributed by atoms with Crippen molar-refractivity contribution in [1.82, 2.24) is 9.88 Å². The zero-order valence-electron chi connectivity index (χ0n) is 11.7. The number of nitrogens with one attached hydrogen (secondary N) is 1. The Morgan fingerprint density at radius 1 is 1.40 bits per heavy atom. The second-order valence-electron chi connectivity index (χ2n) is 5.62. The molecule has 3 rings (SSSR count). The lowest BCUT2D eigenvalue weighted by Crippen LogP contribution is -2.28. The predicted molar refractivity (Wildman–Crippen MR) is 90.6 cm³/mol. The van der Waals surface area contributed by atoms with Crippen molar-refractivity contribution in [1.29, 1.82) is 0 Å². The Morgan fingerprint density at radius 2 is 2.20 bits per heavy atom. The molecule has 1 unspecified atom stereocenters. The molecule has 0 saturated carbocycles. The first kappa shape index (κ1) is 14.3. The van der Waals surface area contributed by atoms with Crippen molar-refractivity contribution < 1.29 is 0 Å². The number of benzene rings is 1. The minimum atomic E-state index is 0.659. The van der Waals surface area contributed by atoms with Crippen molar-refractivity contribution in [3.8, 4) is 0 Å². The highest BCUT2D eigenvalue weighted by Gasteiger charge is 2.14. The van der Waals surface area contributed by atoms with Gasteiger partial charge in [-0.05, 0) is 50.0 Å². The van der Waals surface area contributed by atoms with E-state index in [0.29, 0.717) is 5.92 Å². The standard InChI is InChI=1S/C15H20BrN3S/c1-11(10-19-6-2-3-7-19)9-17-15-18-13-5-4-12(16)8-14(13)20-15/h4-5,8,11H,2-3,6-7,9-10H2,1H3,(H,17,18). The minimum Gasteiger partial charge on any atom is -0.361 e. The summed E-state index contributed by atoms with van der Waals surface area (Å²) in [5, 5.41) is 4.53. The fourth-order valence-electron chi connectivity index (χ4n) is 2.71. The molecule has 3 nitrogen and oxygen atoms in total. The molecule has 1 N–H and O–H groups in total. The Labute approximate surface area is 132 Å². The van der Waals surface area contributed by atoms with Crippen molar-refractivity contribution in [2.45, 2.75) is 19.8 Å². The molecule has 1 aromatic carbocycles. The van der Waals surface area contributed by atoms with Gasteiger partial charge in [-0.2, -0.15) is 0 Å². The predicted octanol–water partition coefficient (Wildman–Crippen LogP) is 4.20. The van der Waals surface area contributed by atoms with Crippen LogP contribution in [-0.4, -0.2) is 36.1 Å². The van der Waals surface area contributed by atoms with E-state index in [-0.39, 0.29) is 0 Å². The van der Waals surface area contributed by atoms with Gasteiger partial charge in [0.1, 0.15) is 0 Å². The van der Waals surface area contributed by atoms with Crippen LogP contribution in [0.5, 0.6) is 0 Å². The number of fused-ring (bicyclic) bond motifs is 1. The van der Waals surface area contributed by atoms with E-state index in [4.69, 9.17) is 0 Å². The lowest BCUT2D eigenvalue weighted by Gasteiger charge is -2.20.